The Kier molecular flexibility index (Phi) is 6.91. The van der Waals surface area contributed by atoms with Gasteiger partial charge < -0.3 is 14.7 Å². The molecule has 1 aliphatic heterocycles. The van der Waals surface area contributed by atoms with Crippen molar-refractivity contribution in [1.29, 1.82) is 0 Å². The van der Waals surface area contributed by atoms with Gasteiger partial charge in [-0.2, -0.15) is 0 Å². The number of carbonyl (C=O) groups excluding carboxylic acids is 3. The van der Waals surface area contributed by atoms with Crippen molar-refractivity contribution in [3.8, 4) is 0 Å². The number of carbonyl (C=O) groups is 3. The second-order valence-corrected chi connectivity index (χ2v) is 6.16. The van der Waals surface area contributed by atoms with Gasteiger partial charge in [-0.3, -0.25) is 19.4 Å². The third kappa shape index (κ3) is 4.78. The molecule has 1 aromatic heterocycles. The number of hydrogen-bond donors (Lipinski definition) is 0. The summed E-state index contributed by atoms with van der Waals surface area (Å²) >= 11 is 0. The fourth-order valence-corrected chi connectivity index (χ4v) is 2.91. The Morgan fingerprint density at radius 1 is 1.16 bits per heavy atom. The van der Waals surface area contributed by atoms with Gasteiger partial charge in [-0.05, 0) is 25.0 Å². The first-order chi connectivity index (χ1) is 12.1. The predicted molar refractivity (Wildman–Crippen MR) is 94.3 cm³/mol. The summed E-state index contributed by atoms with van der Waals surface area (Å²) in [6.07, 6.45) is 4.10. The van der Waals surface area contributed by atoms with Crippen molar-refractivity contribution in [3.05, 3.63) is 29.6 Å². The monoisotopic (exact) mass is 346 g/mol. The van der Waals surface area contributed by atoms with Crippen LogP contribution in [0, 0.1) is 0 Å². The highest BCUT2D eigenvalue weighted by Crippen LogP contribution is 2.11. The molecule has 7 heteroatoms. The normalized spacial score (nSPS) is 14.3. The van der Waals surface area contributed by atoms with Crippen molar-refractivity contribution >= 4 is 18.2 Å². The van der Waals surface area contributed by atoms with Crippen LogP contribution in [0.5, 0.6) is 0 Å². The van der Waals surface area contributed by atoms with Crippen LogP contribution in [0.2, 0.25) is 0 Å². The summed E-state index contributed by atoms with van der Waals surface area (Å²) < 4.78 is 0. The Hall–Kier alpha value is -2.44. The molecular formula is C18H26N4O3. The van der Waals surface area contributed by atoms with Gasteiger partial charge in [-0.15, -0.1) is 0 Å². The first-order valence-electron chi connectivity index (χ1n) is 8.84. The van der Waals surface area contributed by atoms with E-state index < -0.39 is 0 Å². The summed E-state index contributed by atoms with van der Waals surface area (Å²) in [6.45, 7) is 7.48. The van der Waals surface area contributed by atoms with E-state index in [1.165, 1.54) is 6.20 Å². The molecule has 1 fully saturated rings. The molecule has 0 spiro atoms. The maximum Gasteiger partial charge on any atom is 0.272 e. The lowest BCUT2D eigenvalue weighted by molar-refractivity contribution is -0.119. The number of pyridine rings is 1. The summed E-state index contributed by atoms with van der Waals surface area (Å²) in [6, 6.07) is 3.23. The Labute approximate surface area is 148 Å². The number of amides is 3. The van der Waals surface area contributed by atoms with Gasteiger partial charge in [0.1, 0.15) is 5.69 Å². The molecule has 0 N–H and O–H groups in total. The fourth-order valence-electron chi connectivity index (χ4n) is 2.91. The van der Waals surface area contributed by atoms with E-state index in [-0.39, 0.29) is 17.5 Å². The van der Waals surface area contributed by atoms with E-state index in [2.05, 4.69) is 4.98 Å². The lowest BCUT2D eigenvalue weighted by Crippen LogP contribution is -2.48. The van der Waals surface area contributed by atoms with Crippen molar-refractivity contribution < 1.29 is 14.4 Å². The van der Waals surface area contributed by atoms with Gasteiger partial charge in [0.05, 0.1) is 0 Å². The summed E-state index contributed by atoms with van der Waals surface area (Å²) in [5, 5.41) is 0. The van der Waals surface area contributed by atoms with Crippen LogP contribution in [-0.4, -0.2) is 77.2 Å². The first kappa shape index (κ1) is 18.9. The Bertz CT molecular complexity index is 606. The number of rotatable bonds is 7. The molecule has 7 nitrogen and oxygen atoms in total. The van der Waals surface area contributed by atoms with Gasteiger partial charge in [0.15, 0.2) is 0 Å². The van der Waals surface area contributed by atoms with Gasteiger partial charge in [0.25, 0.3) is 11.8 Å². The summed E-state index contributed by atoms with van der Waals surface area (Å²) in [7, 11) is 0. The molecule has 0 unspecified atom stereocenters. The Morgan fingerprint density at radius 3 is 2.36 bits per heavy atom. The largest absolute Gasteiger partial charge is 0.342 e. The van der Waals surface area contributed by atoms with Crippen LogP contribution < -0.4 is 0 Å². The average Bonchev–Trinajstić information content (AvgIpc) is 2.67. The summed E-state index contributed by atoms with van der Waals surface area (Å²) in [5.74, 6) is -0.261. The highest BCUT2D eigenvalue weighted by molar-refractivity contribution is 5.98. The molecule has 3 amide bonds. The highest BCUT2D eigenvalue weighted by atomic mass is 16.2. The average molecular weight is 346 g/mol. The lowest BCUT2D eigenvalue weighted by Gasteiger charge is -2.32. The molecule has 0 aliphatic carbocycles. The van der Waals surface area contributed by atoms with Crippen LogP contribution in [-0.2, 0) is 4.79 Å². The minimum absolute atomic E-state index is 0.0640. The van der Waals surface area contributed by atoms with Gasteiger partial charge in [0.2, 0.25) is 6.41 Å². The summed E-state index contributed by atoms with van der Waals surface area (Å²) in [5.41, 5.74) is 0.769. The zero-order chi connectivity index (χ0) is 18.2. The Morgan fingerprint density at radius 2 is 1.80 bits per heavy atom. The molecule has 136 valence electrons. The SMILES string of the molecule is CCCN(CCC)C(=O)c1ccnc(C(=O)N2CCN(C=O)CC2)c1. The van der Waals surface area contributed by atoms with E-state index in [1.54, 1.807) is 21.9 Å². The molecule has 0 aromatic carbocycles. The van der Waals surface area contributed by atoms with Crippen LogP contribution in [0.3, 0.4) is 0 Å². The number of aromatic nitrogens is 1. The number of hydrogen-bond acceptors (Lipinski definition) is 4. The summed E-state index contributed by atoms with van der Waals surface area (Å²) in [4.78, 5) is 45.3. The molecular weight excluding hydrogens is 320 g/mol. The molecule has 0 radical (unpaired) electrons. The van der Waals surface area contributed by atoms with Gasteiger partial charge in [-0.25, -0.2) is 0 Å². The molecule has 1 aliphatic rings. The van der Waals surface area contributed by atoms with Crippen LogP contribution in [0.4, 0.5) is 0 Å². The van der Waals surface area contributed by atoms with Crippen LogP contribution in [0.1, 0.15) is 47.5 Å². The maximum absolute atomic E-state index is 12.7. The van der Waals surface area contributed by atoms with Crippen molar-refractivity contribution in [2.24, 2.45) is 0 Å². The van der Waals surface area contributed by atoms with Crippen LogP contribution in [0.25, 0.3) is 0 Å². The minimum Gasteiger partial charge on any atom is -0.342 e. The molecule has 1 aromatic rings. The van der Waals surface area contributed by atoms with E-state index in [1.807, 2.05) is 18.7 Å². The maximum atomic E-state index is 12.7. The molecule has 0 atom stereocenters. The highest BCUT2D eigenvalue weighted by Gasteiger charge is 2.23. The van der Waals surface area contributed by atoms with E-state index in [4.69, 9.17) is 0 Å². The van der Waals surface area contributed by atoms with Crippen molar-refractivity contribution in [2.45, 2.75) is 26.7 Å². The van der Waals surface area contributed by atoms with Crippen molar-refractivity contribution in [3.63, 3.8) is 0 Å². The third-order valence-corrected chi connectivity index (χ3v) is 4.25. The quantitative estimate of drug-likeness (QED) is 0.697. The van der Waals surface area contributed by atoms with E-state index in [0.717, 1.165) is 19.3 Å². The topological polar surface area (TPSA) is 73.8 Å². The molecule has 2 heterocycles. The fraction of sp³-hybridized carbons (Fsp3) is 0.556. The van der Waals surface area contributed by atoms with E-state index in [9.17, 15) is 14.4 Å². The smallest absolute Gasteiger partial charge is 0.272 e. The molecule has 2 rings (SSSR count). The number of nitrogens with zero attached hydrogens (tertiary/aromatic N) is 4. The lowest BCUT2D eigenvalue weighted by atomic mass is 10.1. The van der Waals surface area contributed by atoms with Gasteiger partial charge in [-0.1, -0.05) is 13.8 Å². The standard InChI is InChI=1S/C18H26N4O3/c1-3-7-21(8-4-2)17(24)15-5-6-19-16(13-15)18(25)22-11-9-20(14-23)10-12-22/h5-6,13-14H,3-4,7-12H2,1-2H3. The Balaban J connectivity index is 2.11. The second-order valence-electron chi connectivity index (χ2n) is 6.16. The zero-order valence-electron chi connectivity index (χ0n) is 15.0. The first-order valence-corrected chi connectivity index (χ1v) is 8.84. The van der Waals surface area contributed by atoms with E-state index >= 15 is 0 Å². The number of piperazine rings is 1. The molecule has 1 saturated heterocycles. The zero-order valence-corrected chi connectivity index (χ0v) is 15.0. The molecule has 0 saturated carbocycles. The molecule has 0 bridgehead atoms. The molecule has 25 heavy (non-hydrogen) atoms. The third-order valence-electron chi connectivity index (χ3n) is 4.25. The second kappa shape index (κ2) is 9.15. The van der Waals surface area contributed by atoms with Gasteiger partial charge >= 0.3 is 0 Å². The van der Waals surface area contributed by atoms with Crippen molar-refractivity contribution in [2.75, 3.05) is 39.3 Å². The predicted octanol–water partition coefficient (Wildman–Crippen LogP) is 1.26. The van der Waals surface area contributed by atoms with Gasteiger partial charge in [0, 0.05) is 51.0 Å². The minimum atomic E-state index is -0.197. The van der Waals surface area contributed by atoms with E-state index in [0.29, 0.717) is 44.8 Å². The van der Waals surface area contributed by atoms with Crippen molar-refractivity contribution in [1.82, 2.24) is 19.7 Å². The van der Waals surface area contributed by atoms with Crippen LogP contribution >= 0.6 is 0 Å². The van der Waals surface area contributed by atoms with Crippen LogP contribution in [0.15, 0.2) is 18.3 Å².